The zero-order valence-electron chi connectivity index (χ0n) is 11.4. The van der Waals surface area contributed by atoms with E-state index in [4.69, 9.17) is 5.73 Å². The van der Waals surface area contributed by atoms with Crippen LogP contribution in [0.3, 0.4) is 0 Å². The SMILES string of the molecule is Cc1ncn(-c2ccc(NC(=O)CC(N)=O)cc2)c1C. The molecule has 1 aromatic heterocycles. The lowest BCUT2D eigenvalue weighted by molar-refractivity contribution is -0.124. The van der Waals surface area contributed by atoms with Gasteiger partial charge in [0, 0.05) is 17.1 Å². The highest BCUT2D eigenvalue weighted by Gasteiger charge is 2.07. The molecule has 0 aliphatic heterocycles. The molecule has 1 aromatic carbocycles. The highest BCUT2D eigenvalue weighted by molar-refractivity contribution is 6.03. The first-order valence-corrected chi connectivity index (χ1v) is 6.16. The summed E-state index contributed by atoms with van der Waals surface area (Å²) in [4.78, 5) is 26.3. The van der Waals surface area contributed by atoms with Crippen molar-refractivity contribution < 1.29 is 9.59 Å². The van der Waals surface area contributed by atoms with Gasteiger partial charge in [0.1, 0.15) is 6.42 Å². The Morgan fingerprint density at radius 2 is 1.90 bits per heavy atom. The molecule has 0 saturated heterocycles. The van der Waals surface area contributed by atoms with Crippen LogP contribution >= 0.6 is 0 Å². The van der Waals surface area contributed by atoms with Crippen molar-refractivity contribution in [3.8, 4) is 5.69 Å². The zero-order valence-corrected chi connectivity index (χ0v) is 11.4. The van der Waals surface area contributed by atoms with Crippen LogP contribution in [0.1, 0.15) is 17.8 Å². The van der Waals surface area contributed by atoms with E-state index in [2.05, 4.69) is 10.3 Å². The number of nitrogens with one attached hydrogen (secondary N) is 1. The fraction of sp³-hybridized carbons (Fsp3) is 0.214. The van der Waals surface area contributed by atoms with Gasteiger partial charge in [-0.1, -0.05) is 0 Å². The van der Waals surface area contributed by atoms with Gasteiger partial charge in [-0.15, -0.1) is 0 Å². The number of aromatic nitrogens is 2. The molecule has 0 unspecified atom stereocenters. The fourth-order valence-electron chi connectivity index (χ4n) is 1.83. The minimum absolute atomic E-state index is 0.318. The molecule has 0 bridgehead atoms. The van der Waals surface area contributed by atoms with Crippen LogP contribution in [-0.4, -0.2) is 21.4 Å². The predicted octanol–water partition coefficient (Wildman–Crippen LogP) is 1.30. The molecule has 2 rings (SSSR count). The van der Waals surface area contributed by atoms with Crippen LogP contribution in [0.5, 0.6) is 0 Å². The molecule has 104 valence electrons. The quantitative estimate of drug-likeness (QED) is 0.822. The van der Waals surface area contributed by atoms with Gasteiger partial charge in [0.05, 0.1) is 12.0 Å². The summed E-state index contributed by atoms with van der Waals surface area (Å²) in [5.41, 5.74) is 8.57. The van der Waals surface area contributed by atoms with Crippen LogP contribution in [0.2, 0.25) is 0 Å². The van der Waals surface area contributed by atoms with Crippen LogP contribution in [0.15, 0.2) is 30.6 Å². The average Bonchev–Trinajstić information content (AvgIpc) is 2.70. The highest BCUT2D eigenvalue weighted by atomic mass is 16.2. The van der Waals surface area contributed by atoms with Crippen molar-refractivity contribution in [3.63, 3.8) is 0 Å². The molecule has 0 aliphatic rings. The molecule has 0 fully saturated rings. The lowest BCUT2D eigenvalue weighted by Crippen LogP contribution is -2.21. The Kier molecular flexibility index (Phi) is 3.84. The van der Waals surface area contributed by atoms with E-state index in [-0.39, 0.29) is 6.42 Å². The van der Waals surface area contributed by atoms with Gasteiger partial charge >= 0.3 is 0 Å². The number of nitrogens with two attached hydrogens (primary N) is 1. The van der Waals surface area contributed by atoms with Crippen molar-refractivity contribution in [2.45, 2.75) is 20.3 Å². The summed E-state index contributed by atoms with van der Waals surface area (Å²) in [6.45, 7) is 3.94. The van der Waals surface area contributed by atoms with E-state index in [1.807, 2.05) is 30.5 Å². The molecule has 0 atom stereocenters. The Hall–Kier alpha value is -2.63. The molecule has 2 aromatic rings. The van der Waals surface area contributed by atoms with Crippen molar-refractivity contribution in [2.75, 3.05) is 5.32 Å². The number of anilines is 1. The number of hydrogen-bond donors (Lipinski definition) is 2. The molecular weight excluding hydrogens is 256 g/mol. The Labute approximate surface area is 116 Å². The van der Waals surface area contributed by atoms with Gasteiger partial charge in [-0.2, -0.15) is 0 Å². The summed E-state index contributed by atoms with van der Waals surface area (Å²) in [6, 6.07) is 7.27. The monoisotopic (exact) mass is 272 g/mol. The Morgan fingerprint density at radius 1 is 1.25 bits per heavy atom. The van der Waals surface area contributed by atoms with Gasteiger partial charge < -0.3 is 15.6 Å². The van der Waals surface area contributed by atoms with E-state index < -0.39 is 11.8 Å². The number of carbonyl (C=O) groups excluding carboxylic acids is 2. The average molecular weight is 272 g/mol. The van der Waals surface area contributed by atoms with E-state index in [9.17, 15) is 9.59 Å². The van der Waals surface area contributed by atoms with Gasteiger partial charge in [-0.05, 0) is 38.1 Å². The number of carbonyl (C=O) groups is 2. The zero-order chi connectivity index (χ0) is 14.7. The largest absolute Gasteiger partial charge is 0.369 e. The first-order valence-electron chi connectivity index (χ1n) is 6.16. The second-order valence-corrected chi connectivity index (χ2v) is 4.52. The maximum absolute atomic E-state index is 11.4. The van der Waals surface area contributed by atoms with Gasteiger partial charge in [0.15, 0.2) is 0 Å². The topological polar surface area (TPSA) is 90.0 Å². The van der Waals surface area contributed by atoms with E-state index >= 15 is 0 Å². The molecule has 20 heavy (non-hydrogen) atoms. The third-order valence-corrected chi connectivity index (χ3v) is 3.02. The van der Waals surface area contributed by atoms with E-state index in [1.165, 1.54) is 0 Å². The number of rotatable bonds is 4. The van der Waals surface area contributed by atoms with Gasteiger partial charge in [0.25, 0.3) is 0 Å². The summed E-state index contributed by atoms with van der Waals surface area (Å²) < 4.78 is 1.96. The van der Waals surface area contributed by atoms with Crippen LogP contribution < -0.4 is 11.1 Å². The number of nitrogens with zero attached hydrogens (tertiary/aromatic N) is 2. The summed E-state index contributed by atoms with van der Waals surface area (Å²) in [6.07, 6.45) is 1.44. The van der Waals surface area contributed by atoms with Crippen molar-refractivity contribution in [1.82, 2.24) is 9.55 Å². The van der Waals surface area contributed by atoms with Crippen LogP contribution in [-0.2, 0) is 9.59 Å². The van der Waals surface area contributed by atoms with Crippen LogP contribution in [0.25, 0.3) is 5.69 Å². The molecule has 0 aliphatic carbocycles. The summed E-state index contributed by atoms with van der Waals surface area (Å²) >= 11 is 0. The number of amides is 2. The molecular formula is C14H16N4O2. The normalized spacial score (nSPS) is 10.3. The standard InChI is InChI=1S/C14H16N4O2/c1-9-10(2)18(8-16-9)12-5-3-11(4-6-12)17-14(20)7-13(15)19/h3-6,8H,7H2,1-2H3,(H2,15,19)(H,17,20). The lowest BCUT2D eigenvalue weighted by atomic mass is 10.2. The summed E-state index contributed by atoms with van der Waals surface area (Å²) in [5, 5.41) is 2.61. The molecule has 6 nitrogen and oxygen atoms in total. The minimum atomic E-state index is -0.649. The Morgan fingerprint density at radius 3 is 2.40 bits per heavy atom. The Bertz CT molecular complexity index is 644. The fourth-order valence-corrected chi connectivity index (χ4v) is 1.83. The van der Waals surface area contributed by atoms with E-state index in [0.29, 0.717) is 5.69 Å². The van der Waals surface area contributed by atoms with Gasteiger partial charge in [0.2, 0.25) is 11.8 Å². The number of imidazole rings is 1. The molecule has 0 spiro atoms. The second-order valence-electron chi connectivity index (χ2n) is 4.52. The van der Waals surface area contributed by atoms with E-state index in [1.54, 1.807) is 18.5 Å². The van der Waals surface area contributed by atoms with Crippen molar-refractivity contribution in [1.29, 1.82) is 0 Å². The van der Waals surface area contributed by atoms with Gasteiger partial charge in [-0.3, -0.25) is 9.59 Å². The number of hydrogen-bond acceptors (Lipinski definition) is 3. The highest BCUT2D eigenvalue weighted by Crippen LogP contribution is 2.16. The molecule has 6 heteroatoms. The molecule has 1 heterocycles. The van der Waals surface area contributed by atoms with E-state index in [0.717, 1.165) is 17.1 Å². The van der Waals surface area contributed by atoms with Gasteiger partial charge in [-0.25, -0.2) is 4.98 Å². The first kappa shape index (κ1) is 13.8. The Balaban J connectivity index is 2.12. The van der Waals surface area contributed by atoms with Crippen molar-refractivity contribution in [3.05, 3.63) is 42.0 Å². The molecule has 3 N–H and O–H groups in total. The number of primary amides is 1. The molecule has 0 radical (unpaired) electrons. The van der Waals surface area contributed by atoms with Crippen LogP contribution in [0, 0.1) is 13.8 Å². The smallest absolute Gasteiger partial charge is 0.233 e. The summed E-state index contributed by atoms with van der Waals surface area (Å²) in [7, 11) is 0. The molecule has 0 saturated carbocycles. The maximum Gasteiger partial charge on any atom is 0.233 e. The summed E-state index contributed by atoms with van der Waals surface area (Å²) in [5.74, 6) is -1.07. The third-order valence-electron chi connectivity index (χ3n) is 3.02. The molecule has 2 amide bonds. The number of benzene rings is 1. The van der Waals surface area contributed by atoms with Crippen LogP contribution in [0.4, 0.5) is 5.69 Å². The lowest BCUT2D eigenvalue weighted by Gasteiger charge is -2.08. The predicted molar refractivity (Wildman–Crippen MR) is 75.5 cm³/mol. The second kappa shape index (κ2) is 5.56. The maximum atomic E-state index is 11.4. The van der Waals surface area contributed by atoms with Crippen molar-refractivity contribution >= 4 is 17.5 Å². The number of aryl methyl sites for hydroxylation is 1. The first-order chi connectivity index (χ1) is 9.47. The third kappa shape index (κ3) is 3.03. The van der Waals surface area contributed by atoms with Crippen molar-refractivity contribution in [2.24, 2.45) is 5.73 Å². The minimum Gasteiger partial charge on any atom is -0.369 e.